The molecule has 0 atom stereocenters. The number of aromatic nitrogens is 3. The molecule has 0 unspecified atom stereocenters. The number of fused-ring (bicyclic) bond motifs is 1. The van der Waals surface area contributed by atoms with Gasteiger partial charge in [-0.1, -0.05) is 18.6 Å². The Morgan fingerprint density at radius 2 is 2.00 bits per heavy atom. The largest absolute Gasteiger partial charge is 0.451 e. The number of rotatable bonds is 5. The molecule has 0 radical (unpaired) electrons. The molecule has 6 nitrogen and oxygen atoms in total. The Balaban J connectivity index is 1.38. The summed E-state index contributed by atoms with van der Waals surface area (Å²) in [5.74, 6) is 1.65. The first-order chi connectivity index (χ1) is 14.4. The Morgan fingerprint density at radius 1 is 1.13 bits per heavy atom. The highest BCUT2D eigenvalue weighted by Gasteiger charge is 2.30. The Hall–Kier alpha value is -3.10. The summed E-state index contributed by atoms with van der Waals surface area (Å²) in [7, 11) is 0. The minimum Gasteiger partial charge on any atom is -0.451 e. The van der Waals surface area contributed by atoms with Crippen molar-refractivity contribution in [1.29, 1.82) is 0 Å². The van der Waals surface area contributed by atoms with Crippen LogP contribution in [-0.4, -0.2) is 27.2 Å². The minimum atomic E-state index is -4.44. The lowest BCUT2D eigenvalue weighted by atomic mass is 10.1. The lowest BCUT2D eigenvalue weighted by molar-refractivity contribution is -0.137. The number of hydrogen-bond donors (Lipinski definition) is 1. The van der Waals surface area contributed by atoms with E-state index in [4.69, 9.17) is 4.42 Å². The molecule has 158 valence electrons. The zero-order valence-electron chi connectivity index (χ0n) is 16.2. The highest BCUT2D eigenvalue weighted by atomic mass is 19.4. The maximum atomic E-state index is 12.9. The van der Waals surface area contributed by atoms with Gasteiger partial charge in [0.05, 0.1) is 5.56 Å². The third-order valence-corrected chi connectivity index (χ3v) is 5.12. The average molecular weight is 418 g/mol. The highest BCUT2D eigenvalue weighted by molar-refractivity contribution is 5.92. The van der Waals surface area contributed by atoms with Crippen molar-refractivity contribution in [3.63, 3.8) is 0 Å². The van der Waals surface area contributed by atoms with Gasteiger partial charge in [0.25, 0.3) is 5.91 Å². The minimum absolute atomic E-state index is 0.0440. The number of hydrogen-bond acceptors (Lipinski definition) is 4. The summed E-state index contributed by atoms with van der Waals surface area (Å²) in [4.78, 5) is 12.4. The summed E-state index contributed by atoms with van der Waals surface area (Å²) in [5, 5.41) is 11.2. The third-order valence-electron chi connectivity index (χ3n) is 5.12. The fourth-order valence-electron chi connectivity index (χ4n) is 3.57. The average Bonchev–Trinajstić information content (AvgIpc) is 3.29. The van der Waals surface area contributed by atoms with Gasteiger partial charge in [-0.25, -0.2) is 0 Å². The van der Waals surface area contributed by atoms with E-state index < -0.39 is 17.6 Å². The third kappa shape index (κ3) is 4.39. The van der Waals surface area contributed by atoms with Crippen molar-refractivity contribution >= 4 is 5.91 Å². The first-order valence-corrected chi connectivity index (χ1v) is 9.88. The summed E-state index contributed by atoms with van der Waals surface area (Å²) in [6, 6.07) is 7.74. The molecule has 1 aliphatic heterocycles. The standard InChI is InChI=1S/C21H21F3N4O2/c22-21(23,24)15-6-4-5-14(13-15)16-8-9-17(30-16)20(29)25-11-10-19-27-26-18-7-2-1-3-12-28(18)19/h4-6,8-9,13H,1-3,7,10-12H2,(H,25,29). The van der Waals surface area contributed by atoms with Crippen LogP contribution in [0.2, 0.25) is 0 Å². The zero-order valence-corrected chi connectivity index (χ0v) is 16.2. The first-order valence-electron chi connectivity index (χ1n) is 9.88. The smallest absolute Gasteiger partial charge is 0.416 e. The van der Waals surface area contributed by atoms with Gasteiger partial charge in [0, 0.05) is 31.5 Å². The Labute approximate surface area is 171 Å². The van der Waals surface area contributed by atoms with Crippen molar-refractivity contribution in [2.45, 2.75) is 44.8 Å². The Kier molecular flexibility index (Phi) is 5.61. The van der Waals surface area contributed by atoms with E-state index in [0.29, 0.717) is 13.0 Å². The van der Waals surface area contributed by atoms with Gasteiger partial charge >= 0.3 is 6.18 Å². The molecule has 2 aromatic heterocycles. The number of nitrogens with zero attached hydrogens (tertiary/aromatic N) is 3. The first kappa shape index (κ1) is 20.2. The van der Waals surface area contributed by atoms with E-state index in [-0.39, 0.29) is 17.1 Å². The normalized spacial score (nSPS) is 14.2. The molecule has 0 bridgehead atoms. The quantitative estimate of drug-likeness (QED) is 0.672. The van der Waals surface area contributed by atoms with E-state index in [0.717, 1.165) is 49.6 Å². The molecular formula is C21H21F3N4O2. The fraction of sp³-hybridized carbons (Fsp3) is 0.381. The highest BCUT2D eigenvalue weighted by Crippen LogP contribution is 2.32. The van der Waals surface area contributed by atoms with Gasteiger partial charge in [-0.2, -0.15) is 13.2 Å². The van der Waals surface area contributed by atoms with Crippen LogP contribution in [0.1, 0.15) is 47.0 Å². The van der Waals surface area contributed by atoms with Crippen LogP contribution in [0, 0.1) is 0 Å². The number of alkyl halides is 3. The molecule has 9 heteroatoms. The topological polar surface area (TPSA) is 73.0 Å². The number of halogens is 3. The van der Waals surface area contributed by atoms with Crippen LogP contribution in [0.15, 0.2) is 40.8 Å². The monoisotopic (exact) mass is 418 g/mol. The van der Waals surface area contributed by atoms with E-state index in [1.165, 1.54) is 30.7 Å². The van der Waals surface area contributed by atoms with Crippen molar-refractivity contribution in [1.82, 2.24) is 20.1 Å². The van der Waals surface area contributed by atoms with Gasteiger partial charge in [0.1, 0.15) is 17.4 Å². The number of nitrogens with one attached hydrogen (secondary N) is 1. The molecule has 30 heavy (non-hydrogen) atoms. The summed E-state index contributed by atoms with van der Waals surface area (Å²) in [6.45, 7) is 1.25. The number of aryl methyl sites for hydroxylation is 1. The second kappa shape index (κ2) is 8.33. The molecule has 1 N–H and O–H groups in total. The molecule has 3 heterocycles. The predicted octanol–water partition coefficient (Wildman–Crippen LogP) is 4.26. The van der Waals surface area contributed by atoms with E-state index in [9.17, 15) is 18.0 Å². The Bertz CT molecular complexity index is 1040. The van der Waals surface area contributed by atoms with Gasteiger partial charge in [0.15, 0.2) is 5.76 Å². The molecule has 0 fully saturated rings. The SMILES string of the molecule is O=C(NCCc1nnc2n1CCCCC2)c1ccc(-c2cccc(C(F)(F)F)c2)o1. The molecular weight excluding hydrogens is 397 g/mol. The van der Waals surface area contributed by atoms with Crippen molar-refractivity contribution in [3.05, 3.63) is 59.4 Å². The van der Waals surface area contributed by atoms with Gasteiger partial charge < -0.3 is 14.3 Å². The number of benzene rings is 1. The van der Waals surface area contributed by atoms with Gasteiger partial charge in [-0.15, -0.1) is 10.2 Å². The molecule has 3 aromatic rings. The summed E-state index contributed by atoms with van der Waals surface area (Å²) in [5.41, 5.74) is -0.509. The van der Waals surface area contributed by atoms with Crippen LogP contribution < -0.4 is 5.32 Å². The molecule has 1 amide bonds. The van der Waals surface area contributed by atoms with E-state index in [1.807, 2.05) is 0 Å². The molecule has 0 saturated carbocycles. The second-order valence-electron chi connectivity index (χ2n) is 7.24. The van der Waals surface area contributed by atoms with Crippen molar-refractivity contribution in [2.24, 2.45) is 0 Å². The van der Waals surface area contributed by atoms with Crippen LogP contribution in [0.25, 0.3) is 11.3 Å². The van der Waals surface area contributed by atoms with E-state index in [1.54, 1.807) is 0 Å². The molecule has 4 rings (SSSR count). The van der Waals surface area contributed by atoms with E-state index >= 15 is 0 Å². The van der Waals surface area contributed by atoms with Crippen molar-refractivity contribution in [3.8, 4) is 11.3 Å². The van der Waals surface area contributed by atoms with Crippen LogP contribution >= 0.6 is 0 Å². The van der Waals surface area contributed by atoms with Crippen LogP contribution in [0.4, 0.5) is 13.2 Å². The molecule has 0 aliphatic carbocycles. The fourth-order valence-corrected chi connectivity index (χ4v) is 3.57. The lowest BCUT2D eigenvalue weighted by Gasteiger charge is -2.08. The van der Waals surface area contributed by atoms with Gasteiger partial charge in [-0.3, -0.25) is 4.79 Å². The summed E-state index contributed by atoms with van der Waals surface area (Å²) >= 11 is 0. The van der Waals surface area contributed by atoms with Gasteiger partial charge in [0.2, 0.25) is 0 Å². The molecule has 0 saturated heterocycles. The Morgan fingerprint density at radius 3 is 2.83 bits per heavy atom. The lowest BCUT2D eigenvalue weighted by Crippen LogP contribution is -2.26. The maximum Gasteiger partial charge on any atom is 0.416 e. The zero-order chi connectivity index (χ0) is 21.1. The predicted molar refractivity (Wildman–Crippen MR) is 103 cm³/mol. The second-order valence-corrected chi connectivity index (χ2v) is 7.24. The van der Waals surface area contributed by atoms with E-state index in [2.05, 4.69) is 20.1 Å². The van der Waals surface area contributed by atoms with Gasteiger partial charge in [-0.05, 0) is 37.1 Å². The maximum absolute atomic E-state index is 12.9. The number of furan rings is 1. The van der Waals surface area contributed by atoms with Crippen LogP contribution in [-0.2, 0) is 25.6 Å². The molecule has 1 aliphatic rings. The van der Waals surface area contributed by atoms with Crippen LogP contribution in [0.3, 0.4) is 0 Å². The van der Waals surface area contributed by atoms with Crippen LogP contribution in [0.5, 0.6) is 0 Å². The van der Waals surface area contributed by atoms with Crippen molar-refractivity contribution in [2.75, 3.05) is 6.54 Å². The number of carbonyl (C=O) groups is 1. The molecule has 0 spiro atoms. The number of amides is 1. The molecule has 1 aromatic carbocycles. The number of carbonyl (C=O) groups excluding carboxylic acids is 1. The van der Waals surface area contributed by atoms with Crippen molar-refractivity contribution < 1.29 is 22.4 Å². The summed E-state index contributed by atoms with van der Waals surface area (Å²) < 4.78 is 46.3. The summed E-state index contributed by atoms with van der Waals surface area (Å²) in [6.07, 6.45) is 0.398.